The van der Waals surface area contributed by atoms with Crippen molar-refractivity contribution < 1.29 is 23.7 Å². The molecule has 2 aliphatic rings. The zero-order valence-electron chi connectivity index (χ0n) is 20.7. The number of nitrogens with zero attached hydrogens (tertiary/aromatic N) is 1. The van der Waals surface area contributed by atoms with Gasteiger partial charge in [-0.05, 0) is 91.2 Å². The van der Waals surface area contributed by atoms with Crippen molar-refractivity contribution in [1.82, 2.24) is 10.2 Å². The Balaban J connectivity index is 1.22. The quantitative estimate of drug-likeness (QED) is 0.541. The van der Waals surface area contributed by atoms with E-state index in [0.717, 1.165) is 74.7 Å². The lowest BCUT2D eigenvalue weighted by atomic mass is 10.0. The summed E-state index contributed by atoms with van der Waals surface area (Å²) in [5.74, 6) is 3.76. The van der Waals surface area contributed by atoms with Gasteiger partial charge in [-0.1, -0.05) is 0 Å². The lowest BCUT2D eigenvalue weighted by Crippen LogP contribution is -2.35. The number of nitrogens with one attached hydrogen (secondary N) is 1. The van der Waals surface area contributed by atoms with Crippen LogP contribution >= 0.6 is 0 Å². The number of ether oxygens (including phenoxy) is 4. The van der Waals surface area contributed by atoms with Gasteiger partial charge in [-0.2, -0.15) is 0 Å². The van der Waals surface area contributed by atoms with Crippen molar-refractivity contribution in [2.24, 2.45) is 5.92 Å². The lowest BCUT2D eigenvalue weighted by Gasteiger charge is -2.20. The molecule has 7 heteroatoms. The normalized spacial score (nSPS) is 15.5. The highest BCUT2D eigenvalue weighted by molar-refractivity contribution is 5.80. The molecule has 1 aliphatic carbocycles. The summed E-state index contributed by atoms with van der Waals surface area (Å²) in [6.07, 6.45) is 4.30. The monoisotopic (exact) mass is 468 g/mol. The molecule has 34 heavy (non-hydrogen) atoms. The molecule has 4 rings (SSSR count). The number of carbonyl (C=O) groups is 1. The van der Waals surface area contributed by atoms with Crippen LogP contribution in [0.5, 0.6) is 23.0 Å². The van der Waals surface area contributed by atoms with Crippen molar-refractivity contribution in [3.63, 3.8) is 0 Å². The first-order chi connectivity index (χ1) is 16.6. The highest BCUT2D eigenvalue weighted by atomic mass is 16.5. The first-order valence-corrected chi connectivity index (χ1v) is 12.0. The molecule has 1 aliphatic heterocycles. The van der Waals surface area contributed by atoms with E-state index in [2.05, 4.69) is 17.4 Å². The van der Waals surface area contributed by atoms with Crippen LogP contribution in [0, 0.1) is 5.92 Å². The minimum absolute atomic E-state index is 0.181. The Hall–Kier alpha value is -2.93. The van der Waals surface area contributed by atoms with Crippen LogP contribution in [-0.2, 0) is 30.5 Å². The minimum atomic E-state index is 0.181. The predicted octanol–water partition coefficient (Wildman–Crippen LogP) is 3.04. The molecule has 0 unspecified atom stereocenters. The molecule has 0 fully saturated rings. The van der Waals surface area contributed by atoms with Crippen molar-refractivity contribution in [1.29, 1.82) is 0 Å². The second kappa shape index (κ2) is 11.0. The Morgan fingerprint density at radius 1 is 0.824 bits per heavy atom. The van der Waals surface area contributed by atoms with E-state index in [9.17, 15) is 4.79 Å². The second-order valence-electron chi connectivity index (χ2n) is 9.09. The van der Waals surface area contributed by atoms with E-state index in [1.807, 2.05) is 17.0 Å². The van der Waals surface area contributed by atoms with Crippen LogP contribution in [0.2, 0.25) is 0 Å². The molecule has 0 radical (unpaired) electrons. The Morgan fingerprint density at radius 3 is 1.91 bits per heavy atom. The number of fused-ring (bicyclic) bond motifs is 2. The summed E-state index contributed by atoms with van der Waals surface area (Å²) >= 11 is 0. The van der Waals surface area contributed by atoms with Gasteiger partial charge < -0.3 is 29.2 Å². The minimum Gasteiger partial charge on any atom is -0.493 e. The fraction of sp³-hybridized carbons (Fsp3) is 0.519. The van der Waals surface area contributed by atoms with Crippen LogP contribution < -0.4 is 24.3 Å². The van der Waals surface area contributed by atoms with Gasteiger partial charge in [-0.3, -0.25) is 4.79 Å². The first kappa shape index (κ1) is 24.2. The van der Waals surface area contributed by atoms with Crippen LogP contribution in [0.25, 0.3) is 0 Å². The van der Waals surface area contributed by atoms with E-state index in [1.54, 1.807) is 28.4 Å². The maximum Gasteiger partial charge on any atom is 0.227 e. The average molecular weight is 469 g/mol. The molecule has 1 heterocycles. The average Bonchev–Trinajstić information content (AvgIpc) is 3.18. The summed E-state index contributed by atoms with van der Waals surface area (Å²) in [4.78, 5) is 14.8. The number of hydrogen-bond donors (Lipinski definition) is 1. The topological polar surface area (TPSA) is 69.3 Å². The van der Waals surface area contributed by atoms with Crippen LogP contribution in [0.1, 0.15) is 28.7 Å². The van der Waals surface area contributed by atoms with Gasteiger partial charge >= 0.3 is 0 Å². The number of methoxy groups -OCH3 is 4. The zero-order chi connectivity index (χ0) is 24.1. The fourth-order valence-corrected chi connectivity index (χ4v) is 5.13. The maximum atomic E-state index is 12.8. The summed E-state index contributed by atoms with van der Waals surface area (Å²) in [6, 6.07) is 8.18. The van der Waals surface area contributed by atoms with E-state index in [1.165, 1.54) is 16.7 Å². The third kappa shape index (κ3) is 5.25. The van der Waals surface area contributed by atoms with E-state index in [4.69, 9.17) is 18.9 Å². The van der Waals surface area contributed by atoms with E-state index < -0.39 is 0 Å². The lowest BCUT2D eigenvalue weighted by molar-refractivity contribution is -0.130. The van der Waals surface area contributed by atoms with Crippen molar-refractivity contribution in [3.05, 3.63) is 46.5 Å². The number of rotatable bonds is 10. The van der Waals surface area contributed by atoms with Gasteiger partial charge in [0.2, 0.25) is 5.91 Å². The maximum absolute atomic E-state index is 12.8. The molecular weight excluding hydrogens is 432 g/mol. The smallest absolute Gasteiger partial charge is 0.227 e. The molecule has 0 saturated carbocycles. The molecule has 0 aromatic heterocycles. The predicted molar refractivity (Wildman–Crippen MR) is 131 cm³/mol. The molecule has 0 saturated heterocycles. The largest absolute Gasteiger partial charge is 0.493 e. The van der Waals surface area contributed by atoms with Crippen LogP contribution in [0.3, 0.4) is 0 Å². The van der Waals surface area contributed by atoms with Crippen LogP contribution in [0.4, 0.5) is 0 Å². The van der Waals surface area contributed by atoms with Crippen LogP contribution in [-0.4, -0.2) is 65.4 Å². The van der Waals surface area contributed by atoms with Gasteiger partial charge in [0.05, 0.1) is 34.9 Å². The van der Waals surface area contributed by atoms with E-state index in [0.29, 0.717) is 18.1 Å². The standard InChI is InChI=1S/C27H36N2O5/c1-31-23-12-19-6-9-29(27(30)16-22(19)15-26(23)34-4)8-5-7-28-17-18-10-20-13-24(32-2)25(33-3)14-21(20)11-18/h12-15,18,28H,5-11,16-17H2,1-4H3. The number of benzene rings is 2. The summed E-state index contributed by atoms with van der Waals surface area (Å²) in [5.41, 5.74) is 4.91. The third-order valence-corrected chi connectivity index (χ3v) is 6.99. The molecule has 2 aromatic rings. The Kier molecular flexibility index (Phi) is 7.83. The van der Waals surface area contributed by atoms with Gasteiger partial charge in [0.1, 0.15) is 0 Å². The van der Waals surface area contributed by atoms with Gasteiger partial charge in [0.25, 0.3) is 0 Å². The van der Waals surface area contributed by atoms with Crippen molar-refractivity contribution in [3.8, 4) is 23.0 Å². The SMILES string of the molecule is COc1cc2c(cc1OC)CC(=O)N(CCCNCC1Cc3cc(OC)c(OC)cc3C1)CC2. The van der Waals surface area contributed by atoms with Gasteiger partial charge in [-0.25, -0.2) is 0 Å². The van der Waals surface area contributed by atoms with Crippen molar-refractivity contribution in [2.75, 3.05) is 54.6 Å². The van der Waals surface area contributed by atoms with E-state index >= 15 is 0 Å². The molecule has 0 atom stereocenters. The highest BCUT2D eigenvalue weighted by Crippen LogP contribution is 2.36. The molecule has 0 bridgehead atoms. The Bertz CT molecular complexity index is 990. The molecule has 7 nitrogen and oxygen atoms in total. The summed E-state index contributed by atoms with van der Waals surface area (Å²) < 4.78 is 21.7. The zero-order valence-corrected chi connectivity index (χ0v) is 20.7. The number of hydrogen-bond acceptors (Lipinski definition) is 6. The summed E-state index contributed by atoms with van der Waals surface area (Å²) in [7, 11) is 6.63. The van der Waals surface area contributed by atoms with Gasteiger partial charge in [0, 0.05) is 13.1 Å². The van der Waals surface area contributed by atoms with Gasteiger partial charge in [-0.15, -0.1) is 0 Å². The molecule has 2 aromatic carbocycles. The highest BCUT2D eigenvalue weighted by Gasteiger charge is 2.24. The third-order valence-electron chi connectivity index (χ3n) is 6.99. The first-order valence-electron chi connectivity index (χ1n) is 12.0. The van der Waals surface area contributed by atoms with Crippen LogP contribution in [0.15, 0.2) is 24.3 Å². The summed E-state index contributed by atoms with van der Waals surface area (Å²) in [5, 5.41) is 3.60. The number of carbonyl (C=O) groups excluding carboxylic acids is 1. The molecular formula is C27H36N2O5. The van der Waals surface area contributed by atoms with Crippen molar-refractivity contribution in [2.45, 2.75) is 32.1 Å². The Morgan fingerprint density at radius 2 is 1.35 bits per heavy atom. The summed E-state index contributed by atoms with van der Waals surface area (Å²) in [6.45, 7) is 3.38. The molecule has 0 spiro atoms. The fourth-order valence-electron chi connectivity index (χ4n) is 5.13. The van der Waals surface area contributed by atoms with Gasteiger partial charge in [0.15, 0.2) is 23.0 Å². The Labute approximate surface area is 202 Å². The molecule has 1 N–H and O–H groups in total. The van der Waals surface area contributed by atoms with E-state index in [-0.39, 0.29) is 5.91 Å². The second-order valence-corrected chi connectivity index (χ2v) is 9.09. The van der Waals surface area contributed by atoms with Crippen molar-refractivity contribution >= 4 is 5.91 Å². The molecule has 1 amide bonds. The molecule has 184 valence electrons. The number of amides is 1.